The average molecular weight is 366 g/mol. The molecule has 2 aliphatic rings. The minimum atomic E-state index is -0.768. The first-order chi connectivity index (χ1) is 11.9. The summed E-state index contributed by atoms with van der Waals surface area (Å²) >= 11 is 6.17. The van der Waals surface area contributed by atoms with Crippen LogP contribution in [0.25, 0.3) is 0 Å². The molecule has 2 aliphatic heterocycles. The first-order valence-corrected chi connectivity index (χ1v) is 9.18. The second-order valence-corrected chi connectivity index (χ2v) is 7.60. The van der Waals surface area contributed by atoms with Crippen molar-refractivity contribution in [3.05, 3.63) is 34.9 Å². The standard InChI is InChI=1S/C19H24ClNO4/c1-13-12-21(8-5-16(13)17(22)23)18(24)19(6-9-25-10-7-19)14-3-2-4-15(20)11-14/h2-4,11,13,16H,5-10,12H2,1H3,(H,22,23). The number of carbonyl (C=O) groups is 2. The van der Waals surface area contributed by atoms with E-state index >= 15 is 0 Å². The molecule has 5 nitrogen and oxygen atoms in total. The van der Waals surface area contributed by atoms with Crippen LogP contribution in [-0.4, -0.2) is 48.2 Å². The number of nitrogens with zero attached hydrogens (tertiary/aromatic N) is 1. The lowest BCUT2D eigenvalue weighted by atomic mass is 9.72. The van der Waals surface area contributed by atoms with Gasteiger partial charge in [0.05, 0.1) is 11.3 Å². The normalized spacial score (nSPS) is 26.2. The molecule has 2 fully saturated rings. The Balaban J connectivity index is 1.87. The van der Waals surface area contributed by atoms with Gasteiger partial charge in [0, 0.05) is 31.3 Å². The van der Waals surface area contributed by atoms with Crippen molar-refractivity contribution in [2.75, 3.05) is 26.3 Å². The van der Waals surface area contributed by atoms with E-state index in [0.717, 1.165) is 5.56 Å². The summed E-state index contributed by atoms with van der Waals surface area (Å²) in [5, 5.41) is 9.93. The van der Waals surface area contributed by atoms with Crippen LogP contribution in [0.1, 0.15) is 31.7 Å². The van der Waals surface area contributed by atoms with E-state index in [4.69, 9.17) is 16.3 Å². The van der Waals surface area contributed by atoms with E-state index in [1.807, 2.05) is 36.1 Å². The summed E-state index contributed by atoms with van der Waals surface area (Å²) in [5.74, 6) is -1.11. The van der Waals surface area contributed by atoms with E-state index in [0.29, 0.717) is 50.6 Å². The summed E-state index contributed by atoms with van der Waals surface area (Å²) in [6.07, 6.45) is 1.75. The van der Waals surface area contributed by atoms with Crippen molar-refractivity contribution < 1.29 is 19.4 Å². The van der Waals surface area contributed by atoms with Gasteiger partial charge in [-0.05, 0) is 42.9 Å². The van der Waals surface area contributed by atoms with Crippen molar-refractivity contribution in [1.29, 1.82) is 0 Å². The van der Waals surface area contributed by atoms with E-state index in [9.17, 15) is 14.7 Å². The molecule has 0 spiro atoms. The van der Waals surface area contributed by atoms with E-state index < -0.39 is 11.4 Å². The Kier molecular flexibility index (Phi) is 5.35. The molecule has 1 aromatic rings. The molecule has 2 heterocycles. The first-order valence-electron chi connectivity index (χ1n) is 8.80. The number of likely N-dealkylation sites (tertiary alicyclic amines) is 1. The van der Waals surface area contributed by atoms with Gasteiger partial charge in [-0.3, -0.25) is 9.59 Å². The number of ether oxygens (including phenoxy) is 1. The molecule has 136 valence electrons. The van der Waals surface area contributed by atoms with E-state index in [2.05, 4.69) is 0 Å². The van der Waals surface area contributed by atoms with Crippen LogP contribution in [0, 0.1) is 11.8 Å². The average Bonchev–Trinajstić information content (AvgIpc) is 2.61. The fourth-order valence-electron chi connectivity index (χ4n) is 4.13. The smallest absolute Gasteiger partial charge is 0.306 e. The third kappa shape index (κ3) is 3.53. The first kappa shape index (κ1) is 18.2. The Hall–Kier alpha value is -1.59. The number of hydrogen-bond donors (Lipinski definition) is 1. The van der Waals surface area contributed by atoms with Gasteiger partial charge >= 0.3 is 5.97 Å². The van der Waals surface area contributed by atoms with Crippen LogP contribution in [0.5, 0.6) is 0 Å². The van der Waals surface area contributed by atoms with Gasteiger partial charge in [-0.15, -0.1) is 0 Å². The van der Waals surface area contributed by atoms with Gasteiger partial charge in [-0.1, -0.05) is 30.7 Å². The molecule has 2 atom stereocenters. The highest BCUT2D eigenvalue weighted by Gasteiger charge is 2.46. The summed E-state index contributed by atoms with van der Waals surface area (Å²) in [5.41, 5.74) is 0.306. The quantitative estimate of drug-likeness (QED) is 0.894. The van der Waals surface area contributed by atoms with Gasteiger partial charge in [0.2, 0.25) is 5.91 Å². The summed E-state index contributed by atoms with van der Waals surface area (Å²) in [7, 11) is 0. The minimum absolute atomic E-state index is 0.0496. The van der Waals surface area contributed by atoms with Crippen molar-refractivity contribution in [3.63, 3.8) is 0 Å². The second-order valence-electron chi connectivity index (χ2n) is 7.17. The van der Waals surface area contributed by atoms with E-state index in [1.165, 1.54) is 0 Å². The van der Waals surface area contributed by atoms with Crippen molar-refractivity contribution in [2.24, 2.45) is 11.8 Å². The van der Waals surface area contributed by atoms with Crippen LogP contribution in [0.15, 0.2) is 24.3 Å². The lowest BCUT2D eigenvalue weighted by Gasteiger charge is -2.43. The lowest BCUT2D eigenvalue weighted by Crippen LogP contribution is -2.54. The van der Waals surface area contributed by atoms with Crippen molar-refractivity contribution in [2.45, 2.75) is 31.6 Å². The van der Waals surface area contributed by atoms with Gasteiger partial charge in [0.1, 0.15) is 0 Å². The van der Waals surface area contributed by atoms with Crippen LogP contribution in [-0.2, 0) is 19.7 Å². The maximum absolute atomic E-state index is 13.5. The topological polar surface area (TPSA) is 66.8 Å². The zero-order valence-electron chi connectivity index (χ0n) is 14.4. The molecule has 1 aromatic carbocycles. The number of carboxylic acids is 1. The molecular weight excluding hydrogens is 342 g/mol. The maximum Gasteiger partial charge on any atom is 0.306 e. The monoisotopic (exact) mass is 365 g/mol. The summed E-state index contributed by atoms with van der Waals surface area (Å²) < 4.78 is 5.50. The highest BCUT2D eigenvalue weighted by atomic mass is 35.5. The van der Waals surface area contributed by atoms with Crippen molar-refractivity contribution >= 4 is 23.5 Å². The summed E-state index contributed by atoms with van der Waals surface area (Å²) in [6.45, 7) is 3.97. The van der Waals surface area contributed by atoms with Crippen LogP contribution in [0.3, 0.4) is 0 Å². The predicted molar refractivity (Wildman–Crippen MR) is 94.7 cm³/mol. The number of benzene rings is 1. The zero-order valence-corrected chi connectivity index (χ0v) is 15.2. The Morgan fingerprint density at radius 1 is 1.32 bits per heavy atom. The molecule has 0 aromatic heterocycles. The number of aliphatic carboxylic acids is 1. The maximum atomic E-state index is 13.5. The number of hydrogen-bond acceptors (Lipinski definition) is 3. The Labute approximate surface area is 152 Å². The van der Waals surface area contributed by atoms with Gasteiger partial charge in [-0.2, -0.15) is 0 Å². The largest absolute Gasteiger partial charge is 0.481 e. The van der Waals surface area contributed by atoms with E-state index in [-0.39, 0.29) is 17.7 Å². The number of piperidine rings is 1. The van der Waals surface area contributed by atoms with Crippen LogP contribution in [0.4, 0.5) is 0 Å². The molecule has 0 bridgehead atoms. The molecule has 1 amide bonds. The molecule has 0 saturated carbocycles. The molecule has 0 aliphatic carbocycles. The van der Waals surface area contributed by atoms with Crippen LogP contribution >= 0.6 is 11.6 Å². The second kappa shape index (κ2) is 7.34. The number of carbonyl (C=O) groups excluding carboxylic acids is 1. The van der Waals surface area contributed by atoms with Gasteiger partial charge in [0.15, 0.2) is 0 Å². The van der Waals surface area contributed by atoms with Crippen LogP contribution < -0.4 is 0 Å². The van der Waals surface area contributed by atoms with Crippen molar-refractivity contribution in [3.8, 4) is 0 Å². The molecule has 6 heteroatoms. The molecule has 2 saturated heterocycles. The third-order valence-electron chi connectivity index (χ3n) is 5.64. The molecule has 25 heavy (non-hydrogen) atoms. The van der Waals surface area contributed by atoms with Gasteiger partial charge in [-0.25, -0.2) is 0 Å². The fourth-order valence-corrected chi connectivity index (χ4v) is 4.32. The molecule has 1 N–H and O–H groups in total. The fraction of sp³-hybridized carbons (Fsp3) is 0.579. The number of amides is 1. The Morgan fingerprint density at radius 2 is 2.04 bits per heavy atom. The highest BCUT2D eigenvalue weighted by Crippen LogP contribution is 2.39. The number of carboxylic acid groups (broad SMARTS) is 1. The SMILES string of the molecule is CC1CN(C(=O)C2(c3cccc(Cl)c3)CCOCC2)CCC1C(=O)O. The Bertz CT molecular complexity index is 657. The molecule has 3 rings (SSSR count). The predicted octanol–water partition coefficient (Wildman–Crippen LogP) is 2.96. The molecule has 0 radical (unpaired) electrons. The minimum Gasteiger partial charge on any atom is -0.481 e. The molecule has 2 unspecified atom stereocenters. The summed E-state index contributed by atoms with van der Waals surface area (Å²) in [6, 6.07) is 7.52. The molecular formula is C19H24ClNO4. The van der Waals surface area contributed by atoms with Gasteiger partial charge in [0.25, 0.3) is 0 Å². The number of rotatable bonds is 3. The van der Waals surface area contributed by atoms with Crippen molar-refractivity contribution in [1.82, 2.24) is 4.90 Å². The number of halogens is 1. The lowest BCUT2D eigenvalue weighted by molar-refractivity contribution is -0.151. The Morgan fingerprint density at radius 3 is 2.64 bits per heavy atom. The van der Waals surface area contributed by atoms with Gasteiger partial charge < -0.3 is 14.7 Å². The van der Waals surface area contributed by atoms with Crippen LogP contribution in [0.2, 0.25) is 5.02 Å². The summed E-state index contributed by atoms with van der Waals surface area (Å²) in [4.78, 5) is 26.7. The van der Waals surface area contributed by atoms with E-state index in [1.54, 1.807) is 0 Å². The highest BCUT2D eigenvalue weighted by molar-refractivity contribution is 6.30. The third-order valence-corrected chi connectivity index (χ3v) is 5.88. The zero-order chi connectivity index (χ0) is 18.0.